The van der Waals surface area contributed by atoms with Gasteiger partial charge in [-0.05, 0) is 37.6 Å². The van der Waals surface area contributed by atoms with Gasteiger partial charge in [-0.25, -0.2) is 0 Å². The molecule has 17 heavy (non-hydrogen) atoms. The van der Waals surface area contributed by atoms with E-state index in [1.807, 2.05) is 26.0 Å². The van der Waals surface area contributed by atoms with Crippen LogP contribution in [0.4, 0.5) is 0 Å². The predicted octanol–water partition coefficient (Wildman–Crippen LogP) is 2.97. The van der Waals surface area contributed by atoms with Crippen molar-refractivity contribution in [1.82, 2.24) is 10.1 Å². The molecule has 1 heterocycles. The molecule has 1 unspecified atom stereocenters. The van der Waals surface area contributed by atoms with Gasteiger partial charge in [0.15, 0.2) is 5.82 Å². The minimum atomic E-state index is -0.561. The average Bonchev–Trinajstić information content (AvgIpc) is 2.80. The Balaban J connectivity index is 2.33. The Hall–Kier alpha value is -1.39. The highest BCUT2D eigenvalue weighted by Gasteiger charge is 2.25. The number of nitrogens with two attached hydrogens (primary N) is 1. The van der Waals surface area contributed by atoms with Crippen molar-refractivity contribution in [1.29, 1.82) is 0 Å². The van der Waals surface area contributed by atoms with Gasteiger partial charge in [-0.2, -0.15) is 4.98 Å². The van der Waals surface area contributed by atoms with Gasteiger partial charge in [0.25, 0.3) is 5.89 Å². The molecule has 0 amide bonds. The van der Waals surface area contributed by atoms with Crippen LogP contribution in [0.3, 0.4) is 0 Å². The van der Waals surface area contributed by atoms with E-state index in [2.05, 4.69) is 10.1 Å². The molecule has 2 rings (SSSR count). The van der Waals surface area contributed by atoms with E-state index >= 15 is 0 Å². The second-order valence-electron chi connectivity index (χ2n) is 4.20. The summed E-state index contributed by atoms with van der Waals surface area (Å²) in [4.78, 5) is 4.31. The molecule has 0 radical (unpaired) electrons. The number of halogens is 1. The summed E-state index contributed by atoms with van der Waals surface area (Å²) in [6, 6.07) is 7.23. The van der Waals surface area contributed by atoms with Gasteiger partial charge in [-0.3, -0.25) is 0 Å². The van der Waals surface area contributed by atoms with Gasteiger partial charge in [0.1, 0.15) is 0 Å². The van der Waals surface area contributed by atoms with Gasteiger partial charge in [0.05, 0.1) is 5.54 Å². The second-order valence-corrected chi connectivity index (χ2v) is 4.64. The van der Waals surface area contributed by atoms with Gasteiger partial charge in [-0.1, -0.05) is 23.7 Å². The van der Waals surface area contributed by atoms with Crippen LogP contribution in [0.15, 0.2) is 28.8 Å². The smallest absolute Gasteiger partial charge is 0.257 e. The number of benzene rings is 1. The molecule has 0 aliphatic rings. The van der Waals surface area contributed by atoms with Crippen LogP contribution in [0.5, 0.6) is 0 Å². The fourth-order valence-electron chi connectivity index (χ4n) is 1.32. The van der Waals surface area contributed by atoms with Crippen LogP contribution in [0, 0.1) is 0 Å². The van der Waals surface area contributed by atoms with Crippen LogP contribution in [0.1, 0.15) is 26.1 Å². The third-order valence-corrected chi connectivity index (χ3v) is 3.01. The summed E-state index contributed by atoms with van der Waals surface area (Å²) in [7, 11) is 0. The van der Waals surface area contributed by atoms with E-state index in [4.69, 9.17) is 21.9 Å². The van der Waals surface area contributed by atoms with Crippen LogP contribution >= 0.6 is 11.6 Å². The van der Waals surface area contributed by atoms with Crippen molar-refractivity contribution < 1.29 is 4.52 Å². The van der Waals surface area contributed by atoms with Crippen molar-refractivity contribution in [3.8, 4) is 11.5 Å². The van der Waals surface area contributed by atoms with Gasteiger partial charge in [-0.15, -0.1) is 0 Å². The normalized spacial score (nSPS) is 14.6. The quantitative estimate of drug-likeness (QED) is 0.911. The molecule has 0 aliphatic heterocycles. The molecule has 0 saturated carbocycles. The Morgan fingerprint density at radius 1 is 1.35 bits per heavy atom. The third kappa shape index (κ3) is 2.48. The van der Waals surface area contributed by atoms with Crippen LogP contribution in [-0.2, 0) is 5.54 Å². The van der Waals surface area contributed by atoms with Gasteiger partial charge in [0, 0.05) is 10.6 Å². The molecule has 5 heteroatoms. The predicted molar refractivity (Wildman–Crippen MR) is 66.6 cm³/mol. The van der Waals surface area contributed by atoms with Crippen molar-refractivity contribution >= 4 is 11.6 Å². The zero-order valence-electron chi connectivity index (χ0n) is 9.77. The monoisotopic (exact) mass is 251 g/mol. The van der Waals surface area contributed by atoms with Crippen LogP contribution in [0.25, 0.3) is 11.5 Å². The first-order valence-corrected chi connectivity index (χ1v) is 5.80. The minimum absolute atomic E-state index is 0.460. The molecule has 1 aromatic carbocycles. The van der Waals surface area contributed by atoms with Gasteiger partial charge < -0.3 is 10.3 Å². The van der Waals surface area contributed by atoms with E-state index in [0.717, 1.165) is 12.0 Å². The molecular formula is C12H14ClN3O. The van der Waals surface area contributed by atoms with Crippen LogP contribution in [0.2, 0.25) is 5.02 Å². The standard InChI is InChI=1S/C12H14ClN3O/c1-3-12(2,14)11-15-10(17-16-11)8-4-6-9(13)7-5-8/h4-7H,3,14H2,1-2H3. The van der Waals surface area contributed by atoms with Crippen molar-refractivity contribution in [2.75, 3.05) is 0 Å². The molecule has 2 N–H and O–H groups in total. The Kier molecular flexibility index (Phi) is 3.17. The summed E-state index contributed by atoms with van der Waals surface area (Å²) in [6.07, 6.45) is 0.743. The molecule has 2 aromatic rings. The molecule has 0 fully saturated rings. The number of hydrogen-bond donors (Lipinski definition) is 1. The van der Waals surface area contributed by atoms with Crippen molar-refractivity contribution in [2.24, 2.45) is 5.73 Å². The molecule has 0 spiro atoms. The Morgan fingerprint density at radius 2 is 2.00 bits per heavy atom. The maximum Gasteiger partial charge on any atom is 0.257 e. The SMILES string of the molecule is CCC(C)(N)c1noc(-c2ccc(Cl)cc2)n1. The van der Waals surface area contributed by atoms with E-state index in [0.29, 0.717) is 16.7 Å². The van der Waals surface area contributed by atoms with Crippen molar-refractivity contribution in [3.05, 3.63) is 35.1 Å². The lowest BCUT2D eigenvalue weighted by Gasteiger charge is -2.16. The zero-order valence-corrected chi connectivity index (χ0v) is 10.5. The zero-order chi connectivity index (χ0) is 12.5. The summed E-state index contributed by atoms with van der Waals surface area (Å²) < 4.78 is 5.19. The molecule has 0 aliphatic carbocycles. The summed E-state index contributed by atoms with van der Waals surface area (Å²) in [5.74, 6) is 0.978. The highest BCUT2D eigenvalue weighted by molar-refractivity contribution is 6.30. The first-order chi connectivity index (χ1) is 8.03. The summed E-state index contributed by atoms with van der Waals surface area (Å²) in [5, 5.41) is 4.59. The van der Waals surface area contributed by atoms with E-state index in [-0.39, 0.29) is 0 Å². The molecule has 1 atom stereocenters. The minimum Gasteiger partial charge on any atom is -0.334 e. The van der Waals surface area contributed by atoms with Crippen molar-refractivity contribution in [3.63, 3.8) is 0 Å². The Labute approximate surface area is 105 Å². The number of rotatable bonds is 3. The summed E-state index contributed by atoms with van der Waals surface area (Å²) >= 11 is 5.81. The van der Waals surface area contributed by atoms with E-state index in [9.17, 15) is 0 Å². The first kappa shape index (κ1) is 12.1. The molecule has 0 saturated heterocycles. The number of aromatic nitrogens is 2. The van der Waals surface area contributed by atoms with E-state index < -0.39 is 5.54 Å². The Morgan fingerprint density at radius 3 is 2.59 bits per heavy atom. The number of hydrogen-bond acceptors (Lipinski definition) is 4. The summed E-state index contributed by atoms with van der Waals surface area (Å²) in [6.45, 7) is 3.86. The lowest BCUT2D eigenvalue weighted by Crippen LogP contribution is -2.33. The highest BCUT2D eigenvalue weighted by atomic mass is 35.5. The Bertz CT molecular complexity index is 505. The van der Waals surface area contributed by atoms with Gasteiger partial charge >= 0.3 is 0 Å². The molecule has 1 aromatic heterocycles. The van der Waals surface area contributed by atoms with Crippen LogP contribution in [-0.4, -0.2) is 10.1 Å². The molecule has 90 valence electrons. The number of nitrogens with zero attached hydrogens (tertiary/aromatic N) is 2. The highest BCUT2D eigenvalue weighted by Crippen LogP contribution is 2.23. The van der Waals surface area contributed by atoms with Crippen LogP contribution < -0.4 is 5.73 Å². The third-order valence-electron chi connectivity index (χ3n) is 2.76. The van der Waals surface area contributed by atoms with Crippen molar-refractivity contribution in [2.45, 2.75) is 25.8 Å². The fourth-order valence-corrected chi connectivity index (χ4v) is 1.45. The molecule has 4 nitrogen and oxygen atoms in total. The molecule has 0 bridgehead atoms. The summed E-state index contributed by atoms with van der Waals surface area (Å²) in [5.41, 5.74) is 6.32. The molecular weight excluding hydrogens is 238 g/mol. The van der Waals surface area contributed by atoms with Gasteiger partial charge in [0.2, 0.25) is 0 Å². The largest absolute Gasteiger partial charge is 0.334 e. The lowest BCUT2D eigenvalue weighted by molar-refractivity contribution is 0.379. The first-order valence-electron chi connectivity index (χ1n) is 5.42. The maximum atomic E-state index is 6.05. The maximum absolute atomic E-state index is 6.05. The average molecular weight is 252 g/mol. The van der Waals surface area contributed by atoms with E-state index in [1.54, 1.807) is 12.1 Å². The van der Waals surface area contributed by atoms with E-state index in [1.165, 1.54) is 0 Å². The second kappa shape index (κ2) is 4.47. The lowest BCUT2D eigenvalue weighted by atomic mass is 10.0. The fraction of sp³-hybridized carbons (Fsp3) is 0.333. The topological polar surface area (TPSA) is 64.9 Å².